The molecular formula is C5H11S. The first kappa shape index (κ1) is 6.35. The number of unbranched alkanes of at least 4 members (excludes halogenated alkanes) is 2. The van der Waals surface area contributed by atoms with Gasteiger partial charge in [-0.2, -0.15) is 12.6 Å². The second-order valence-corrected chi connectivity index (χ2v) is 1.63. The molecule has 0 unspecified atom stereocenters. The van der Waals surface area contributed by atoms with E-state index in [2.05, 4.69) is 26.0 Å². The first-order chi connectivity index (χ1) is 2.91. The molecule has 0 aromatic rings. The van der Waals surface area contributed by atoms with Crippen molar-refractivity contribution in [3.63, 3.8) is 0 Å². The second kappa shape index (κ2) is 5.35. The molecule has 0 atom stereocenters. The van der Waals surface area contributed by atoms with Gasteiger partial charge in [-0.25, -0.2) is 0 Å². The van der Waals surface area contributed by atoms with Gasteiger partial charge < -0.3 is 0 Å². The van der Waals surface area contributed by atoms with Gasteiger partial charge in [-0.1, -0.05) is 13.3 Å². The van der Waals surface area contributed by atoms with Crippen LogP contribution in [0, 0.1) is 6.42 Å². The molecule has 6 heavy (non-hydrogen) atoms. The number of hydrogen-bond acceptors (Lipinski definition) is 1. The lowest BCUT2D eigenvalue weighted by Gasteiger charge is -1.85. The fraction of sp³-hybridized carbons (Fsp3) is 0.800. The summed E-state index contributed by atoms with van der Waals surface area (Å²) in [5.41, 5.74) is 0. The highest BCUT2D eigenvalue weighted by Gasteiger charge is 1.76. The Labute approximate surface area is 45.4 Å². The summed E-state index contributed by atoms with van der Waals surface area (Å²) in [5, 5.41) is 0. The van der Waals surface area contributed by atoms with Crippen LogP contribution in [-0.4, -0.2) is 5.75 Å². The Morgan fingerprint density at radius 3 is 2.50 bits per heavy atom. The Balaban J connectivity index is 2.34. The van der Waals surface area contributed by atoms with Crippen LogP contribution in [-0.2, 0) is 0 Å². The SMILES string of the molecule is CCC[CH]CS. The Bertz CT molecular complexity index is 15.9. The van der Waals surface area contributed by atoms with Crippen molar-refractivity contribution >= 4 is 12.6 Å². The second-order valence-electron chi connectivity index (χ2n) is 1.26. The zero-order chi connectivity index (χ0) is 4.83. The van der Waals surface area contributed by atoms with Crippen molar-refractivity contribution in [2.45, 2.75) is 19.8 Å². The van der Waals surface area contributed by atoms with Crippen LogP contribution in [0.15, 0.2) is 0 Å². The standard InChI is InChI=1S/C5H11S/c1-2-3-4-5-6/h4,6H,2-3,5H2,1H3. The molecule has 0 heterocycles. The fourth-order valence-corrected chi connectivity index (χ4v) is 0.478. The summed E-state index contributed by atoms with van der Waals surface area (Å²) in [7, 11) is 0. The van der Waals surface area contributed by atoms with E-state index in [1.807, 2.05) is 0 Å². The molecule has 1 radical (unpaired) electrons. The Morgan fingerprint density at radius 1 is 1.67 bits per heavy atom. The van der Waals surface area contributed by atoms with E-state index < -0.39 is 0 Å². The van der Waals surface area contributed by atoms with Crippen LogP contribution in [0.25, 0.3) is 0 Å². The zero-order valence-corrected chi connectivity index (χ0v) is 5.04. The van der Waals surface area contributed by atoms with Crippen LogP contribution in [0.4, 0.5) is 0 Å². The van der Waals surface area contributed by atoms with Gasteiger partial charge in [0, 0.05) is 0 Å². The molecule has 0 fully saturated rings. The van der Waals surface area contributed by atoms with Crippen LogP contribution in [0.5, 0.6) is 0 Å². The Morgan fingerprint density at radius 2 is 2.33 bits per heavy atom. The zero-order valence-electron chi connectivity index (χ0n) is 4.15. The molecule has 0 aliphatic heterocycles. The predicted molar refractivity (Wildman–Crippen MR) is 33.1 cm³/mol. The quantitative estimate of drug-likeness (QED) is 0.409. The van der Waals surface area contributed by atoms with Crippen LogP contribution in [0.1, 0.15) is 19.8 Å². The normalized spacial score (nSPS) is 9.00. The molecule has 0 N–H and O–H groups in total. The minimum Gasteiger partial charge on any atom is -0.179 e. The Hall–Kier alpha value is 0.350. The van der Waals surface area contributed by atoms with Crippen molar-refractivity contribution in [2.75, 3.05) is 5.75 Å². The smallest absolute Gasteiger partial charge is 0.00666 e. The van der Waals surface area contributed by atoms with Gasteiger partial charge in [0.1, 0.15) is 0 Å². The van der Waals surface area contributed by atoms with Crippen molar-refractivity contribution in [1.29, 1.82) is 0 Å². The van der Waals surface area contributed by atoms with E-state index in [9.17, 15) is 0 Å². The number of rotatable bonds is 3. The lowest BCUT2D eigenvalue weighted by atomic mass is 10.3. The molecule has 1 heteroatoms. The highest BCUT2D eigenvalue weighted by Crippen LogP contribution is 1.91. The molecular weight excluding hydrogens is 92.1 g/mol. The maximum atomic E-state index is 4.00. The summed E-state index contributed by atoms with van der Waals surface area (Å²) in [4.78, 5) is 0. The van der Waals surface area contributed by atoms with Gasteiger partial charge in [0.15, 0.2) is 0 Å². The minimum atomic E-state index is 0.924. The van der Waals surface area contributed by atoms with Gasteiger partial charge in [0.25, 0.3) is 0 Å². The summed E-state index contributed by atoms with van der Waals surface area (Å²) in [6, 6.07) is 0. The van der Waals surface area contributed by atoms with E-state index >= 15 is 0 Å². The van der Waals surface area contributed by atoms with Crippen molar-refractivity contribution in [2.24, 2.45) is 0 Å². The maximum absolute atomic E-state index is 4.00. The fourth-order valence-electron chi connectivity index (χ4n) is 0.295. The molecule has 0 aromatic heterocycles. The third-order valence-electron chi connectivity index (χ3n) is 0.622. The van der Waals surface area contributed by atoms with E-state index in [-0.39, 0.29) is 0 Å². The lowest BCUT2D eigenvalue weighted by Crippen LogP contribution is -1.72. The van der Waals surface area contributed by atoms with Crippen molar-refractivity contribution < 1.29 is 0 Å². The van der Waals surface area contributed by atoms with E-state index in [0.717, 1.165) is 5.75 Å². The van der Waals surface area contributed by atoms with Crippen molar-refractivity contribution in [1.82, 2.24) is 0 Å². The highest BCUT2D eigenvalue weighted by molar-refractivity contribution is 7.80. The van der Waals surface area contributed by atoms with Crippen LogP contribution < -0.4 is 0 Å². The van der Waals surface area contributed by atoms with E-state index in [0.29, 0.717) is 0 Å². The molecule has 37 valence electrons. The maximum Gasteiger partial charge on any atom is -0.00666 e. The summed E-state index contributed by atoms with van der Waals surface area (Å²) in [6.45, 7) is 2.17. The van der Waals surface area contributed by atoms with Gasteiger partial charge in [-0.15, -0.1) is 0 Å². The molecule has 0 amide bonds. The summed E-state index contributed by atoms with van der Waals surface area (Å²) >= 11 is 4.00. The number of thiol groups is 1. The van der Waals surface area contributed by atoms with E-state index in [1.54, 1.807) is 0 Å². The third-order valence-corrected chi connectivity index (χ3v) is 0.880. The van der Waals surface area contributed by atoms with Crippen molar-refractivity contribution in [3.8, 4) is 0 Å². The molecule has 0 aromatic carbocycles. The predicted octanol–water partition coefficient (Wildman–Crippen LogP) is 1.92. The molecule has 0 spiro atoms. The lowest BCUT2D eigenvalue weighted by molar-refractivity contribution is 0.905. The molecule has 0 saturated heterocycles. The topological polar surface area (TPSA) is 0 Å². The van der Waals surface area contributed by atoms with Crippen LogP contribution >= 0.6 is 12.6 Å². The molecule has 0 aliphatic rings. The third kappa shape index (κ3) is 4.35. The molecule has 0 bridgehead atoms. The van der Waals surface area contributed by atoms with E-state index in [1.165, 1.54) is 12.8 Å². The van der Waals surface area contributed by atoms with Gasteiger partial charge in [0.05, 0.1) is 0 Å². The average Bonchev–Trinajstić information content (AvgIpc) is 1.61. The van der Waals surface area contributed by atoms with Gasteiger partial charge >= 0.3 is 0 Å². The van der Waals surface area contributed by atoms with Gasteiger partial charge in [-0.05, 0) is 18.6 Å². The van der Waals surface area contributed by atoms with Gasteiger partial charge in [-0.3, -0.25) is 0 Å². The molecule has 0 rings (SSSR count). The summed E-state index contributed by atoms with van der Waals surface area (Å²) in [5.74, 6) is 0.924. The number of hydrogen-bond donors (Lipinski definition) is 1. The molecule has 0 aliphatic carbocycles. The van der Waals surface area contributed by atoms with Crippen LogP contribution in [0.2, 0.25) is 0 Å². The highest BCUT2D eigenvalue weighted by atomic mass is 32.1. The first-order valence-electron chi connectivity index (χ1n) is 2.34. The van der Waals surface area contributed by atoms with Gasteiger partial charge in [0.2, 0.25) is 0 Å². The monoisotopic (exact) mass is 103 g/mol. The van der Waals surface area contributed by atoms with E-state index in [4.69, 9.17) is 0 Å². The average molecular weight is 103 g/mol. The largest absolute Gasteiger partial charge is 0.179 e. The molecule has 0 nitrogen and oxygen atoms in total. The summed E-state index contributed by atoms with van der Waals surface area (Å²) in [6.07, 6.45) is 4.63. The van der Waals surface area contributed by atoms with Crippen molar-refractivity contribution in [3.05, 3.63) is 6.42 Å². The summed E-state index contributed by atoms with van der Waals surface area (Å²) < 4.78 is 0. The van der Waals surface area contributed by atoms with Crippen LogP contribution in [0.3, 0.4) is 0 Å². The molecule has 0 saturated carbocycles. The first-order valence-corrected chi connectivity index (χ1v) is 2.97. The minimum absolute atomic E-state index is 0.924. The Kier molecular flexibility index (Phi) is 5.66.